The van der Waals surface area contributed by atoms with Crippen LogP contribution >= 0.6 is 0 Å². The van der Waals surface area contributed by atoms with Crippen molar-refractivity contribution in [2.75, 3.05) is 0 Å². The molecule has 0 spiro atoms. The lowest BCUT2D eigenvalue weighted by Crippen LogP contribution is -2.03. The molecule has 0 aliphatic carbocycles. The Morgan fingerprint density at radius 2 is 1.30 bits per heavy atom. The summed E-state index contributed by atoms with van der Waals surface area (Å²) in [5, 5.41) is 8.01. The van der Waals surface area contributed by atoms with Crippen molar-refractivity contribution in [2.24, 2.45) is 16.1 Å². The maximum atomic E-state index is 12.5. The molecule has 5 heteroatoms. The van der Waals surface area contributed by atoms with Gasteiger partial charge in [-0.1, -0.05) is 26.0 Å². The van der Waals surface area contributed by atoms with Gasteiger partial charge in [-0.15, -0.1) is 0 Å². The summed E-state index contributed by atoms with van der Waals surface area (Å²) < 4.78 is 37.4. The number of rotatable bonds is 5. The Bertz CT molecular complexity index is 641. The molecule has 0 atom stereocenters. The van der Waals surface area contributed by atoms with Crippen LogP contribution in [0.3, 0.4) is 0 Å². The molecule has 0 bridgehead atoms. The van der Waals surface area contributed by atoms with Crippen LogP contribution in [0.15, 0.2) is 58.8 Å². The third kappa shape index (κ3) is 5.51. The van der Waals surface area contributed by atoms with E-state index in [0.29, 0.717) is 17.3 Å². The van der Waals surface area contributed by atoms with E-state index in [0.717, 1.165) is 25.0 Å². The number of benzene rings is 2. The van der Waals surface area contributed by atoms with Crippen molar-refractivity contribution < 1.29 is 13.2 Å². The smallest absolute Gasteiger partial charge is 0.166 e. The highest BCUT2D eigenvalue weighted by atomic mass is 19.4. The minimum Gasteiger partial charge on any atom is -0.166 e. The zero-order valence-electron chi connectivity index (χ0n) is 13.1. The molecule has 2 aromatic rings. The molecular weight excluding hydrogens is 301 g/mol. The molecule has 2 nitrogen and oxygen atoms in total. The van der Waals surface area contributed by atoms with Crippen LogP contribution in [-0.4, -0.2) is 0 Å². The SMILES string of the molecule is CC(C)CCc1ccc(N=Nc2ccc(C(F)(F)F)cc2)cc1. The Labute approximate surface area is 134 Å². The molecule has 2 aromatic carbocycles. The van der Waals surface area contributed by atoms with Crippen molar-refractivity contribution in [2.45, 2.75) is 32.9 Å². The highest BCUT2D eigenvalue weighted by Crippen LogP contribution is 2.30. The Morgan fingerprint density at radius 1 is 0.826 bits per heavy atom. The predicted molar refractivity (Wildman–Crippen MR) is 85.2 cm³/mol. The molecule has 0 saturated carbocycles. The monoisotopic (exact) mass is 320 g/mol. The Hall–Kier alpha value is -2.17. The first-order valence-electron chi connectivity index (χ1n) is 7.52. The lowest BCUT2D eigenvalue weighted by molar-refractivity contribution is -0.137. The average molecular weight is 320 g/mol. The van der Waals surface area contributed by atoms with Crippen molar-refractivity contribution in [1.29, 1.82) is 0 Å². The van der Waals surface area contributed by atoms with Gasteiger partial charge in [-0.05, 0) is 60.7 Å². The zero-order valence-corrected chi connectivity index (χ0v) is 13.1. The van der Waals surface area contributed by atoms with Gasteiger partial charge in [0.2, 0.25) is 0 Å². The summed E-state index contributed by atoms with van der Waals surface area (Å²) in [6.45, 7) is 4.37. The molecule has 122 valence electrons. The van der Waals surface area contributed by atoms with E-state index in [-0.39, 0.29) is 0 Å². The number of hydrogen-bond acceptors (Lipinski definition) is 2. The number of aryl methyl sites for hydroxylation is 1. The third-order valence-corrected chi connectivity index (χ3v) is 3.42. The molecule has 0 fully saturated rings. The number of nitrogens with zero attached hydrogens (tertiary/aromatic N) is 2. The molecule has 0 radical (unpaired) electrons. The van der Waals surface area contributed by atoms with Crippen molar-refractivity contribution in [1.82, 2.24) is 0 Å². The van der Waals surface area contributed by atoms with Gasteiger partial charge < -0.3 is 0 Å². The van der Waals surface area contributed by atoms with Crippen LogP contribution in [0.1, 0.15) is 31.4 Å². The summed E-state index contributed by atoms with van der Waals surface area (Å²) in [4.78, 5) is 0. The van der Waals surface area contributed by atoms with Crippen molar-refractivity contribution in [3.63, 3.8) is 0 Å². The van der Waals surface area contributed by atoms with E-state index in [4.69, 9.17) is 0 Å². The van der Waals surface area contributed by atoms with E-state index in [1.54, 1.807) is 0 Å². The van der Waals surface area contributed by atoms with Gasteiger partial charge in [0.05, 0.1) is 16.9 Å². The molecule has 2 rings (SSSR count). The first-order valence-corrected chi connectivity index (χ1v) is 7.52. The summed E-state index contributed by atoms with van der Waals surface area (Å²) in [6, 6.07) is 12.4. The van der Waals surface area contributed by atoms with E-state index in [1.165, 1.54) is 17.7 Å². The first-order chi connectivity index (χ1) is 10.8. The second kappa shape index (κ2) is 7.40. The van der Waals surface area contributed by atoms with Gasteiger partial charge in [0.15, 0.2) is 0 Å². The molecule has 0 heterocycles. The summed E-state index contributed by atoms with van der Waals surface area (Å²) in [7, 11) is 0. The topological polar surface area (TPSA) is 24.7 Å². The molecule has 0 unspecified atom stereocenters. The lowest BCUT2D eigenvalue weighted by Gasteiger charge is -2.05. The number of alkyl halides is 3. The average Bonchev–Trinajstić information content (AvgIpc) is 2.51. The van der Waals surface area contributed by atoms with Crippen LogP contribution in [0.2, 0.25) is 0 Å². The number of hydrogen-bond donors (Lipinski definition) is 0. The van der Waals surface area contributed by atoms with Crippen molar-refractivity contribution >= 4 is 11.4 Å². The first kappa shape index (κ1) is 17.2. The lowest BCUT2D eigenvalue weighted by atomic mass is 10.0. The van der Waals surface area contributed by atoms with Crippen molar-refractivity contribution in [3.05, 3.63) is 59.7 Å². The standard InChI is InChI=1S/C18H19F3N2/c1-13(2)3-4-14-5-9-16(10-6-14)22-23-17-11-7-15(8-12-17)18(19,20)21/h5-13H,3-4H2,1-2H3. The summed E-state index contributed by atoms with van der Waals surface area (Å²) >= 11 is 0. The molecule has 0 aromatic heterocycles. The molecule has 0 saturated heterocycles. The van der Waals surface area contributed by atoms with Crippen LogP contribution in [0, 0.1) is 5.92 Å². The van der Waals surface area contributed by atoms with Crippen LogP contribution < -0.4 is 0 Å². The van der Waals surface area contributed by atoms with Crippen LogP contribution in [0.4, 0.5) is 24.5 Å². The van der Waals surface area contributed by atoms with E-state index in [1.807, 2.05) is 24.3 Å². The molecule has 0 aliphatic rings. The largest absolute Gasteiger partial charge is 0.416 e. The van der Waals surface area contributed by atoms with Gasteiger partial charge in [0.25, 0.3) is 0 Å². The quantitative estimate of drug-likeness (QED) is 0.547. The van der Waals surface area contributed by atoms with Gasteiger partial charge in [-0.3, -0.25) is 0 Å². The Balaban J connectivity index is 2.00. The van der Waals surface area contributed by atoms with E-state index in [2.05, 4.69) is 24.1 Å². The van der Waals surface area contributed by atoms with Crippen LogP contribution in [0.25, 0.3) is 0 Å². The van der Waals surface area contributed by atoms with E-state index in [9.17, 15) is 13.2 Å². The second-order valence-electron chi connectivity index (χ2n) is 5.84. The number of halogens is 3. The second-order valence-corrected chi connectivity index (χ2v) is 5.84. The highest BCUT2D eigenvalue weighted by Gasteiger charge is 2.29. The van der Waals surface area contributed by atoms with Gasteiger partial charge in [-0.25, -0.2) is 0 Å². The number of azo groups is 1. The zero-order chi connectivity index (χ0) is 16.9. The minimum absolute atomic E-state index is 0.391. The van der Waals surface area contributed by atoms with E-state index < -0.39 is 11.7 Å². The van der Waals surface area contributed by atoms with E-state index >= 15 is 0 Å². The Kier molecular flexibility index (Phi) is 5.53. The molecule has 0 aliphatic heterocycles. The highest BCUT2D eigenvalue weighted by molar-refractivity contribution is 5.42. The normalized spacial score (nSPS) is 12.3. The van der Waals surface area contributed by atoms with Gasteiger partial charge in [0, 0.05) is 0 Å². The Morgan fingerprint density at radius 3 is 1.74 bits per heavy atom. The molecule has 23 heavy (non-hydrogen) atoms. The molecular formula is C18H19F3N2. The fourth-order valence-corrected chi connectivity index (χ4v) is 2.02. The van der Waals surface area contributed by atoms with Crippen LogP contribution in [0.5, 0.6) is 0 Å². The molecule has 0 amide bonds. The predicted octanol–water partition coefficient (Wildman–Crippen LogP) is 6.71. The summed E-state index contributed by atoms with van der Waals surface area (Å²) in [6.07, 6.45) is -2.18. The van der Waals surface area contributed by atoms with Crippen molar-refractivity contribution in [3.8, 4) is 0 Å². The maximum absolute atomic E-state index is 12.5. The fourth-order valence-electron chi connectivity index (χ4n) is 2.02. The maximum Gasteiger partial charge on any atom is 0.416 e. The third-order valence-electron chi connectivity index (χ3n) is 3.42. The van der Waals surface area contributed by atoms with Gasteiger partial charge in [-0.2, -0.15) is 23.4 Å². The minimum atomic E-state index is -4.33. The van der Waals surface area contributed by atoms with Crippen LogP contribution in [-0.2, 0) is 12.6 Å². The molecule has 0 N–H and O–H groups in total. The van der Waals surface area contributed by atoms with Gasteiger partial charge in [0.1, 0.15) is 0 Å². The van der Waals surface area contributed by atoms with Gasteiger partial charge >= 0.3 is 6.18 Å². The summed E-state index contributed by atoms with van der Waals surface area (Å²) in [5.41, 5.74) is 1.62. The summed E-state index contributed by atoms with van der Waals surface area (Å²) in [5.74, 6) is 0.661. The fraction of sp³-hybridized carbons (Fsp3) is 0.333.